The summed E-state index contributed by atoms with van der Waals surface area (Å²) in [5.74, 6) is 0.577. The van der Waals surface area contributed by atoms with Crippen LogP contribution in [-0.4, -0.2) is 45.9 Å². The molecule has 0 radical (unpaired) electrons. The number of fused-ring (bicyclic) bond motifs is 1. The van der Waals surface area contributed by atoms with Crippen LogP contribution in [0, 0.1) is 5.82 Å². The van der Waals surface area contributed by atoms with Gasteiger partial charge >= 0.3 is 0 Å². The minimum Gasteiger partial charge on any atom is -0.383 e. The average molecular weight is 384 g/mol. The topological polar surface area (TPSA) is 67.6 Å². The Labute approximate surface area is 163 Å². The highest BCUT2D eigenvalue weighted by atomic mass is 19.1. The molecule has 2 unspecified atom stereocenters. The van der Waals surface area contributed by atoms with Crippen molar-refractivity contribution in [2.75, 3.05) is 25.2 Å². The van der Waals surface area contributed by atoms with Crippen molar-refractivity contribution in [2.45, 2.75) is 38.4 Å². The molecule has 7 nitrogen and oxygen atoms in total. The molecule has 0 spiro atoms. The van der Waals surface area contributed by atoms with Crippen molar-refractivity contribution in [3.63, 3.8) is 0 Å². The zero-order chi connectivity index (χ0) is 19.5. The molecule has 0 saturated carbocycles. The second kappa shape index (κ2) is 8.20. The molecule has 8 heteroatoms. The lowest BCUT2D eigenvalue weighted by molar-refractivity contribution is 0.172. The molecule has 1 N–H and O–H groups in total. The van der Waals surface area contributed by atoms with E-state index in [4.69, 9.17) is 9.72 Å². The van der Waals surface area contributed by atoms with Crippen LogP contribution in [0.1, 0.15) is 36.9 Å². The van der Waals surface area contributed by atoms with Crippen molar-refractivity contribution in [3.8, 4) is 0 Å². The standard InChI is InChI=1S/C20H25FN6O/c1-14(13-28-2)23-10-16-11-24-27-7-5-19(25-20(16)27)26-6-3-4-18(26)15-8-17(21)12-22-9-15/h5,7-9,11-12,14,18,23H,3-4,6,10,13H2,1-2H3. The molecule has 0 amide bonds. The Balaban J connectivity index is 1.59. The highest BCUT2D eigenvalue weighted by Crippen LogP contribution is 2.35. The lowest BCUT2D eigenvalue weighted by Gasteiger charge is -2.26. The number of nitrogens with zero attached hydrogens (tertiary/aromatic N) is 5. The number of aromatic nitrogens is 4. The van der Waals surface area contributed by atoms with E-state index in [1.807, 2.05) is 18.5 Å². The molecule has 4 heterocycles. The Morgan fingerprint density at radius 1 is 1.36 bits per heavy atom. The number of hydrogen-bond acceptors (Lipinski definition) is 6. The van der Waals surface area contributed by atoms with Gasteiger partial charge in [0, 0.05) is 44.2 Å². The van der Waals surface area contributed by atoms with E-state index in [0.29, 0.717) is 13.2 Å². The molecule has 0 bridgehead atoms. The second-order valence-corrected chi connectivity index (χ2v) is 7.25. The van der Waals surface area contributed by atoms with Crippen LogP contribution in [0.5, 0.6) is 0 Å². The van der Waals surface area contributed by atoms with E-state index >= 15 is 0 Å². The Morgan fingerprint density at radius 3 is 3.07 bits per heavy atom. The van der Waals surface area contributed by atoms with Crippen molar-refractivity contribution < 1.29 is 9.13 Å². The van der Waals surface area contributed by atoms with E-state index in [1.165, 1.54) is 6.20 Å². The van der Waals surface area contributed by atoms with Gasteiger partial charge in [-0.1, -0.05) is 0 Å². The molecule has 1 fully saturated rings. The van der Waals surface area contributed by atoms with Gasteiger partial charge in [-0.3, -0.25) is 4.98 Å². The van der Waals surface area contributed by atoms with Gasteiger partial charge in [0.15, 0.2) is 5.65 Å². The SMILES string of the molecule is COCC(C)NCc1cnn2ccc(N3CCCC3c3cncc(F)c3)nc12. The Morgan fingerprint density at radius 2 is 2.25 bits per heavy atom. The van der Waals surface area contributed by atoms with Crippen molar-refractivity contribution >= 4 is 11.5 Å². The number of anilines is 1. The molecular weight excluding hydrogens is 359 g/mol. The van der Waals surface area contributed by atoms with Crippen molar-refractivity contribution in [1.29, 1.82) is 0 Å². The molecule has 1 saturated heterocycles. The summed E-state index contributed by atoms with van der Waals surface area (Å²) in [7, 11) is 1.70. The Kier molecular flexibility index (Phi) is 5.50. The fourth-order valence-electron chi connectivity index (χ4n) is 3.78. The third-order valence-electron chi connectivity index (χ3n) is 5.14. The zero-order valence-corrected chi connectivity index (χ0v) is 16.2. The third kappa shape index (κ3) is 3.83. The van der Waals surface area contributed by atoms with E-state index in [-0.39, 0.29) is 17.9 Å². The third-order valence-corrected chi connectivity index (χ3v) is 5.14. The van der Waals surface area contributed by atoms with Gasteiger partial charge in [-0.15, -0.1) is 0 Å². The van der Waals surface area contributed by atoms with Gasteiger partial charge in [-0.05, 0) is 37.5 Å². The largest absolute Gasteiger partial charge is 0.383 e. The van der Waals surface area contributed by atoms with Gasteiger partial charge in [0.1, 0.15) is 11.6 Å². The van der Waals surface area contributed by atoms with Crippen molar-refractivity contribution in [1.82, 2.24) is 24.9 Å². The molecule has 2 atom stereocenters. The van der Waals surface area contributed by atoms with Gasteiger partial charge in [0.2, 0.25) is 0 Å². The van der Waals surface area contributed by atoms with Crippen molar-refractivity contribution in [2.24, 2.45) is 0 Å². The first-order valence-corrected chi connectivity index (χ1v) is 9.58. The predicted octanol–water partition coefficient (Wildman–Crippen LogP) is 2.73. The maximum Gasteiger partial charge on any atom is 0.161 e. The van der Waals surface area contributed by atoms with E-state index < -0.39 is 0 Å². The van der Waals surface area contributed by atoms with Crippen LogP contribution in [0.4, 0.5) is 10.2 Å². The quantitative estimate of drug-likeness (QED) is 0.676. The summed E-state index contributed by atoms with van der Waals surface area (Å²) < 4.78 is 20.6. The van der Waals surface area contributed by atoms with Crippen LogP contribution < -0.4 is 10.2 Å². The fraction of sp³-hybridized carbons (Fsp3) is 0.450. The van der Waals surface area contributed by atoms with E-state index in [0.717, 1.165) is 42.0 Å². The van der Waals surface area contributed by atoms with Gasteiger partial charge in [0.05, 0.1) is 25.0 Å². The molecule has 1 aliphatic rings. The Bertz CT molecular complexity index is 945. The summed E-state index contributed by atoms with van der Waals surface area (Å²) in [6.07, 6.45) is 8.76. The number of hydrogen-bond donors (Lipinski definition) is 1. The first kappa shape index (κ1) is 18.8. The lowest BCUT2D eigenvalue weighted by atomic mass is 10.1. The fourth-order valence-corrected chi connectivity index (χ4v) is 3.78. The molecule has 1 aliphatic heterocycles. The minimum absolute atomic E-state index is 0.0874. The molecule has 148 valence electrons. The van der Waals surface area contributed by atoms with Crippen LogP contribution in [0.25, 0.3) is 5.65 Å². The zero-order valence-electron chi connectivity index (χ0n) is 16.2. The van der Waals surface area contributed by atoms with Gasteiger partial charge in [0.25, 0.3) is 0 Å². The molecule has 3 aromatic heterocycles. The first-order valence-electron chi connectivity index (χ1n) is 9.58. The first-order chi connectivity index (χ1) is 13.7. The minimum atomic E-state index is -0.304. The lowest BCUT2D eigenvalue weighted by Crippen LogP contribution is -2.29. The number of pyridine rings is 1. The number of nitrogens with one attached hydrogen (secondary N) is 1. The normalized spacial score (nSPS) is 18.1. The summed E-state index contributed by atoms with van der Waals surface area (Å²) in [6, 6.07) is 3.87. The van der Waals surface area contributed by atoms with Crippen LogP contribution >= 0.6 is 0 Å². The predicted molar refractivity (Wildman–Crippen MR) is 105 cm³/mol. The molecule has 3 aromatic rings. The van der Waals surface area contributed by atoms with E-state index in [2.05, 4.69) is 27.2 Å². The summed E-state index contributed by atoms with van der Waals surface area (Å²) in [4.78, 5) is 11.1. The van der Waals surface area contributed by atoms with E-state index in [1.54, 1.807) is 23.9 Å². The monoisotopic (exact) mass is 384 g/mol. The van der Waals surface area contributed by atoms with Gasteiger partial charge < -0.3 is 15.0 Å². The number of ether oxygens (including phenoxy) is 1. The highest BCUT2D eigenvalue weighted by molar-refractivity contribution is 5.54. The summed E-state index contributed by atoms with van der Waals surface area (Å²) >= 11 is 0. The van der Waals surface area contributed by atoms with Crippen LogP contribution in [-0.2, 0) is 11.3 Å². The molecule has 28 heavy (non-hydrogen) atoms. The number of rotatable bonds is 7. The summed E-state index contributed by atoms with van der Waals surface area (Å²) in [6.45, 7) is 4.28. The number of halogens is 1. The highest BCUT2D eigenvalue weighted by Gasteiger charge is 2.28. The van der Waals surface area contributed by atoms with Gasteiger partial charge in [-0.25, -0.2) is 13.9 Å². The maximum atomic E-state index is 13.7. The maximum absolute atomic E-state index is 13.7. The average Bonchev–Trinajstić information content (AvgIpc) is 3.33. The van der Waals surface area contributed by atoms with Gasteiger partial charge in [-0.2, -0.15) is 5.10 Å². The van der Waals surface area contributed by atoms with Crippen LogP contribution in [0.15, 0.2) is 36.9 Å². The molecule has 0 aromatic carbocycles. The summed E-state index contributed by atoms with van der Waals surface area (Å²) in [5.41, 5.74) is 2.76. The smallest absolute Gasteiger partial charge is 0.161 e. The van der Waals surface area contributed by atoms with Crippen LogP contribution in [0.2, 0.25) is 0 Å². The van der Waals surface area contributed by atoms with Crippen molar-refractivity contribution in [3.05, 3.63) is 53.9 Å². The van der Waals surface area contributed by atoms with E-state index in [9.17, 15) is 4.39 Å². The number of methoxy groups -OCH3 is 1. The molecular formula is C20H25FN6O. The molecule has 0 aliphatic carbocycles. The molecule has 4 rings (SSSR count). The van der Waals surface area contributed by atoms with Crippen LogP contribution in [0.3, 0.4) is 0 Å². The summed E-state index contributed by atoms with van der Waals surface area (Å²) in [5, 5.41) is 7.83. The second-order valence-electron chi connectivity index (χ2n) is 7.25. The Hall–Kier alpha value is -2.58.